The van der Waals surface area contributed by atoms with Crippen LogP contribution in [0.2, 0.25) is 0 Å². The molecule has 6 heteroatoms. The molecule has 19 heavy (non-hydrogen) atoms. The van der Waals surface area contributed by atoms with E-state index in [2.05, 4.69) is 13.0 Å². The molecule has 1 aromatic rings. The van der Waals surface area contributed by atoms with Gasteiger partial charge < -0.3 is 15.4 Å². The number of rotatable bonds is 6. The average Bonchev–Trinajstić information content (AvgIpc) is 2.73. The first-order chi connectivity index (χ1) is 9.06. The number of esters is 1. The number of nitrogens with zero attached hydrogens (tertiary/aromatic N) is 2. The first kappa shape index (κ1) is 15.3. The SMILES string of the molecule is CCCCN(C)c1sc(C(=O)OCC)c(N)c1C#N. The summed E-state index contributed by atoms with van der Waals surface area (Å²) in [7, 11) is 1.90. The molecule has 0 aromatic carbocycles. The van der Waals surface area contributed by atoms with Crippen molar-refractivity contribution < 1.29 is 9.53 Å². The standard InChI is InChI=1S/C13H19N3O2S/c1-4-6-7-16(3)12-9(8-14)10(15)11(19-12)13(17)18-5-2/h4-7,15H2,1-3H3. The van der Waals surface area contributed by atoms with Gasteiger partial charge in [-0.25, -0.2) is 4.79 Å². The highest BCUT2D eigenvalue weighted by Crippen LogP contribution is 2.37. The molecule has 0 saturated heterocycles. The maximum atomic E-state index is 11.8. The Morgan fingerprint density at radius 1 is 1.53 bits per heavy atom. The topological polar surface area (TPSA) is 79.3 Å². The summed E-state index contributed by atoms with van der Waals surface area (Å²) in [5.74, 6) is -0.461. The second-order valence-electron chi connectivity index (χ2n) is 4.13. The fourth-order valence-electron chi connectivity index (χ4n) is 1.65. The zero-order chi connectivity index (χ0) is 14.4. The minimum absolute atomic E-state index is 0.226. The number of hydrogen-bond acceptors (Lipinski definition) is 6. The Hall–Kier alpha value is -1.74. The van der Waals surface area contributed by atoms with Gasteiger partial charge in [0.15, 0.2) is 0 Å². The van der Waals surface area contributed by atoms with Crippen LogP contribution < -0.4 is 10.6 Å². The molecule has 0 bridgehead atoms. The van der Waals surface area contributed by atoms with Gasteiger partial charge in [0.05, 0.1) is 12.3 Å². The van der Waals surface area contributed by atoms with Gasteiger partial charge in [0.2, 0.25) is 0 Å². The zero-order valence-corrected chi connectivity index (χ0v) is 12.3. The van der Waals surface area contributed by atoms with Crippen molar-refractivity contribution in [3.8, 4) is 6.07 Å². The van der Waals surface area contributed by atoms with Crippen LogP contribution in [0.1, 0.15) is 41.9 Å². The summed E-state index contributed by atoms with van der Waals surface area (Å²) in [5.41, 5.74) is 6.47. The number of hydrogen-bond donors (Lipinski definition) is 1. The molecule has 1 aromatic heterocycles. The minimum Gasteiger partial charge on any atom is -0.462 e. The lowest BCUT2D eigenvalue weighted by molar-refractivity contribution is 0.0533. The molecule has 0 amide bonds. The third-order valence-corrected chi connectivity index (χ3v) is 3.99. The maximum absolute atomic E-state index is 11.8. The largest absolute Gasteiger partial charge is 0.462 e. The zero-order valence-electron chi connectivity index (χ0n) is 11.5. The van der Waals surface area contributed by atoms with E-state index in [0.29, 0.717) is 17.0 Å². The number of nitriles is 1. The first-order valence-electron chi connectivity index (χ1n) is 6.27. The highest BCUT2D eigenvalue weighted by molar-refractivity contribution is 7.18. The number of thiophene rings is 1. The van der Waals surface area contributed by atoms with Gasteiger partial charge in [-0.2, -0.15) is 5.26 Å². The minimum atomic E-state index is -0.461. The van der Waals surface area contributed by atoms with Gasteiger partial charge in [0, 0.05) is 13.6 Å². The van der Waals surface area contributed by atoms with Crippen molar-refractivity contribution in [2.45, 2.75) is 26.7 Å². The summed E-state index contributed by atoms with van der Waals surface area (Å²) in [6.07, 6.45) is 2.09. The first-order valence-corrected chi connectivity index (χ1v) is 7.09. The molecule has 1 heterocycles. The smallest absolute Gasteiger partial charge is 0.350 e. The van der Waals surface area contributed by atoms with Gasteiger partial charge in [0.25, 0.3) is 0 Å². The summed E-state index contributed by atoms with van der Waals surface area (Å²) in [5, 5.41) is 9.93. The van der Waals surface area contributed by atoms with Crippen LogP contribution in [0.25, 0.3) is 0 Å². The van der Waals surface area contributed by atoms with Crippen LogP contribution in [-0.4, -0.2) is 26.2 Å². The normalized spacial score (nSPS) is 10.0. The van der Waals surface area contributed by atoms with Crippen molar-refractivity contribution in [2.24, 2.45) is 0 Å². The van der Waals surface area contributed by atoms with Crippen LogP contribution in [0, 0.1) is 11.3 Å². The van der Waals surface area contributed by atoms with E-state index in [4.69, 9.17) is 10.5 Å². The van der Waals surface area contributed by atoms with Gasteiger partial charge in [-0.3, -0.25) is 0 Å². The van der Waals surface area contributed by atoms with E-state index in [9.17, 15) is 10.1 Å². The van der Waals surface area contributed by atoms with Crippen molar-refractivity contribution in [1.82, 2.24) is 0 Å². The second kappa shape index (κ2) is 7.00. The number of anilines is 2. The molecule has 0 radical (unpaired) electrons. The van der Waals surface area contributed by atoms with E-state index in [-0.39, 0.29) is 5.69 Å². The molecule has 0 aliphatic heterocycles. The number of nitrogen functional groups attached to an aromatic ring is 1. The molecule has 0 aliphatic rings. The molecular formula is C13H19N3O2S. The van der Waals surface area contributed by atoms with Gasteiger partial charge >= 0.3 is 5.97 Å². The molecule has 104 valence electrons. The number of nitrogens with two attached hydrogens (primary N) is 1. The molecule has 5 nitrogen and oxygen atoms in total. The van der Waals surface area contributed by atoms with Crippen LogP contribution in [-0.2, 0) is 4.74 Å². The average molecular weight is 281 g/mol. The van der Waals surface area contributed by atoms with Crippen molar-refractivity contribution in [2.75, 3.05) is 30.8 Å². The van der Waals surface area contributed by atoms with Crippen LogP contribution in [0.15, 0.2) is 0 Å². The molecule has 2 N–H and O–H groups in total. The summed E-state index contributed by atoms with van der Waals surface area (Å²) in [6.45, 7) is 4.96. The number of ether oxygens (including phenoxy) is 1. The predicted molar refractivity (Wildman–Crippen MR) is 77.6 cm³/mol. The molecular weight excluding hydrogens is 262 g/mol. The van der Waals surface area contributed by atoms with Crippen molar-refractivity contribution >= 4 is 28.0 Å². The number of carbonyl (C=O) groups is 1. The van der Waals surface area contributed by atoms with Crippen LogP contribution in [0.4, 0.5) is 10.7 Å². The lowest BCUT2D eigenvalue weighted by Gasteiger charge is -2.16. The molecule has 0 atom stereocenters. The van der Waals surface area contributed by atoms with Gasteiger partial charge in [-0.15, -0.1) is 11.3 Å². The Balaban J connectivity index is 3.09. The Bertz CT molecular complexity index is 491. The Kier molecular flexibility index (Phi) is 5.64. The Morgan fingerprint density at radius 3 is 2.74 bits per heavy atom. The van der Waals surface area contributed by atoms with E-state index in [1.807, 2.05) is 11.9 Å². The van der Waals surface area contributed by atoms with Crippen LogP contribution >= 0.6 is 11.3 Å². The quantitative estimate of drug-likeness (QED) is 0.811. The molecule has 0 spiro atoms. The third-order valence-electron chi connectivity index (χ3n) is 2.69. The lowest BCUT2D eigenvalue weighted by Crippen LogP contribution is -2.18. The molecule has 1 rings (SSSR count). The van der Waals surface area contributed by atoms with Gasteiger partial charge in [-0.1, -0.05) is 13.3 Å². The highest BCUT2D eigenvalue weighted by Gasteiger charge is 2.23. The van der Waals surface area contributed by atoms with Crippen LogP contribution in [0.5, 0.6) is 0 Å². The van der Waals surface area contributed by atoms with E-state index in [1.165, 1.54) is 11.3 Å². The van der Waals surface area contributed by atoms with E-state index >= 15 is 0 Å². The molecule has 0 unspecified atom stereocenters. The summed E-state index contributed by atoms with van der Waals surface area (Å²) >= 11 is 1.22. The van der Waals surface area contributed by atoms with Crippen molar-refractivity contribution in [1.29, 1.82) is 5.26 Å². The van der Waals surface area contributed by atoms with Gasteiger partial charge in [-0.05, 0) is 13.3 Å². The second-order valence-corrected chi connectivity index (χ2v) is 5.13. The van der Waals surface area contributed by atoms with Gasteiger partial charge in [0.1, 0.15) is 21.5 Å². The molecule has 0 aliphatic carbocycles. The summed E-state index contributed by atoms with van der Waals surface area (Å²) in [4.78, 5) is 14.0. The molecule has 0 saturated carbocycles. The monoisotopic (exact) mass is 281 g/mol. The summed E-state index contributed by atoms with van der Waals surface area (Å²) in [6, 6.07) is 2.07. The summed E-state index contributed by atoms with van der Waals surface area (Å²) < 4.78 is 4.95. The maximum Gasteiger partial charge on any atom is 0.350 e. The Labute approximate surface area is 117 Å². The van der Waals surface area contributed by atoms with Crippen molar-refractivity contribution in [3.05, 3.63) is 10.4 Å². The highest BCUT2D eigenvalue weighted by atomic mass is 32.1. The lowest BCUT2D eigenvalue weighted by atomic mass is 10.2. The van der Waals surface area contributed by atoms with Crippen LogP contribution in [0.3, 0.4) is 0 Å². The fourth-order valence-corrected chi connectivity index (χ4v) is 2.71. The van der Waals surface area contributed by atoms with Crippen molar-refractivity contribution in [3.63, 3.8) is 0 Å². The molecule has 0 fully saturated rings. The Morgan fingerprint density at radius 2 is 2.21 bits per heavy atom. The fraction of sp³-hybridized carbons (Fsp3) is 0.538. The predicted octanol–water partition coefficient (Wildman–Crippen LogP) is 2.61. The van der Waals surface area contributed by atoms with E-state index in [0.717, 1.165) is 24.4 Å². The number of unbranched alkanes of at least 4 members (excludes halogenated alkanes) is 1. The number of carbonyl (C=O) groups excluding carboxylic acids is 1. The third kappa shape index (κ3) is 3.38. The van der Waals surface area contributed by atoms with E-state index in [1.54, 1.807) is 6.92 Å². The van der Waals surface area contributed by atoms with E-state index < -0.39 is 5.97 Å².